The number of likely N-dealkylation sites (tertiary alicyclic amines) is 1. The van der Waals surface area contributed by atoms with Crippen LogP contribution in [0.5, 0.6) is 0 Å². The summed E-state index contributed by atoms with van der Waals surface area (Å²) in [6.07, 6.45) is 3.42. The summed E-state index contributed by atoms with van der Waals surface area (Å²) in [6.45, 7) is 9.91. The molecule has 22 heavy (non-hydrogen) atoms. The van der Waals surface area contributed by atoms with Crippen LogP contribution in [0.4, 0.5) is 0 Å². The van der Waals surface area contributed by atoms with Gasteiger partial charge < -0.3 is 14.7 Å². The van der Waals surface area contributed by atoms with Crippen LogP contribution >= 0.6 is 0 Å². The standard InChI is InChI=1S/C16H28N4O2/c1-5-7-14-18-16(22-19-14)12(4)17-13-8-9-20(10-11(13)3)15(21)6-2/h11-13,17H,5-10H2,1-4H3/t11-,12-,13-/m0/s1. The minimum absolute atomic E-state index is 0.0407. The first kappa shape index (κ1) is 16.9. The van der Waals surface area contributed by atoms with Crippen LogP contribution in [-0.4, -0.2) is 40.1 Å². The smallest absolute Gasteiger partial charge is 0.243 e. The molecule has 3 atom stereocenters. The highest BCUT2D eigenvalue weighted by Gasteiger charge is 2.29. The van der Waals surface area contributed by atoms with Gasteiger partial charge in [0.05, 0.1) is 6.04 Å². The van der Waals surface area contributed by atoms with Crippen molar-refractivity contribution >= 4 is 5.91 Å². The highest BCUT2D eigenvalue weighted by Crippen LogP contribution is 2.21. The zero-order chi connectivity index (χ0) is 16.1. The molecule has 0 spiro atoms. The molecule has 1 amide bonds. The molecule has 1 fully saturated rings. The summed E-state index contributed by atoms with van der Waals surface area (Å²) >= 11 is 0. The van der Waals surface area contributed by atoms with Gasteiger partial charge in [-0.3, -0.25) is 4.79 Å². The van der Waals surface area contributed by atoms with Crippen molar-refractivity contribution in [1.82, 2.24) is 20.4 Å². The predicted molar refractivity (Wildman–Crippen MR) is 84.3 cm³/mol. The Morgan fingerprint density at radius 1 is 1.50 bits per heavy atom. The van der Waals surface area contributed by atoms with E-state index >= 15 is 0 Å². The summed E-state index contributed by atoms with van der Waals surface area (Å²) in [6, 6.07) is 0.413. The van der Waals surface area contributed by atoms with Gasteiger partial charge in [0.2, 0.25) is 11.8 Å². The van der Waals surface area contributed by atoms with Gasteiger partial charge in [-0.2, -0.15) is 4.98 Å². The number of carbonyl (C=O) groups is 1. The minimum atomic E-state index is 0.0407. The molecule has 2 heterocycles. The molecular formula is C16H28N4O2. The first-order valence-electron chi connectivity index (χ1n) is 8.41. The second-order valence-electron chi connectivity index (χ2n) is 6.25. The van der Waals surface area contributed by atoms with Crippen molar-refractivity contribution in [2.45, 2.75) is 65.5 Å². The van der Waals surface area contributed by atoms with E-state index in [1.807, 2.05) is 11.8 Å². The summed E-state index contributed by atoms with van der Waals surface area (Å²) in [4.78, 5) is 18.2. The van der Waals surface area contributed by atoms with Crippen molar-refractivity contribution in [3.8, 4) is 0 Å². The SMILES string of the molecule is CCCc1noc([C@H](C)N[C@H]2CCN(C(=O)CC)C[C@@H]2C)n1. The van der Waals surface area contributed by atoms with Crippen molar-refractivity contribution < 1.29 is 9.32 Å². The maximum absolute atomic E-state index is 11.8. The number of aromatic nitrogens is 2. The average molecular weight is 308 g/mol. The van der Waals surface area contributed by atoms with Gasteiger partial charge in [-0.15, -0.1) is 0 Å². The van der Waals surface area contributed by atoms with Crippen LogP contribution in [0.25, 0.3) is 0 Å². The summed E-state index contributed by atoms with van der Waals surface area (Å²) in [7, 11) is 0. The number of hydrogen-bond acceptors (Lipinski definition) is 5. The van der Waals surface area contributed by atoms with E-state index < -0.39 is 0 Å². The fourth-order valence-corrected chi connectivity index (χ4v) is 3.00. The van der Waals surface area contributed by atoms with Crippen molar-refractivity contribution in [1.29, 1.82) is 0 Å². The summed E-state index contributed by atoms with van der Waals surface area (Å²) in [5.41, 5.74) is 0. The Morgan fingerprint density at radius 2 is 2.27 bits per heavy atom. The number of piperidine rings is 1. The largest absolute Gasteiger partial charge is 0.342 e. The Balaban J connectivity index is 1.89. The first-order valence-corrected chi connectivity index (χ1v) is 8.41. The Labute approximate surface area is 132 Å². The molecule has 0 radical (unpaired) electrons. The fraction of sp³-hybridized carbons (Fsp3) is 0.812. The van der Waals surface area contributed by atoms with Crippen LogP contribution in [-0.2, 0) is 11.2 Å². The van der Waals surface area contributed by atoms with E-state index in [9.17, 15) is 4.79 Å². The monoisotopic (exact) mass is 308 g/mol. The molecule has 6 heteroatoms. The number of aryl methyl sites for hydroxylation is 1. The summed E-state index contributed by atoms with van der Waals surface area (Å²) in [5.74, 6) is 2.11. The van der Waals surface area contributed by atoms with Gasteiger partial charge in [-0.05, 0) is 25.7 Å². The number of amides is 1. The lowest BCUT2D eigenvalue weighted by Gasteiger charge is -2.38. The molecule has 0 unspecified atom stereocenters. The lowest BCUT2D eigenvalue weighted by atomic mass is 9.93. The van der Waals surface area contributed by atoms with E-state index in [1.165, 1.54) is 0 Å². The van der Waals surface area contributed by atoms with Crippen LogP contribution in [0.15, 0.2) is 4.52 Å². The van der Waals surface area contributed by atoms with E-state index in [-0.39, 0.29) is 11.9 Å². The van der Waals surface area contributed by atoms with Gasteiger partial charge in [0.15, 0.2) is 5.82 Å². The zero-order valence-corrected chi connectivity index (χ0v) is 14.1. The molecular weight excluding hydrogens is 280 g/mol. The average Bonchev–Trinajstić information content (AvgIpc) is 2.97. The Bertz CT molecular complexity index is 488. The number of hydrogen-bond donors (Lipinski definition) is 1. The lowest BCUT2D eigenvalue weighted by molar-refractivity contribution is -0.132. The molecule has 1 N–H and O–H groups in total. The quantitative estimate of drug-likeness (QED) is 0.873. The van der Waals surface area contributed by atoms with Crippen molar-refractivity contribution in [2.24, 2.45) is 5.92 Å². The van der Waals surface area contributed by atoms with Gasteiger partial charge in [0, 0.05) is 32.0 Å². The van der Waals surface area contributed by atoms with Gasteiger partial charge in [-0.25, -0.2) is 0 Å². The molecule has 1 saturated heterocycles. The molecule has 0 aromatic carbocycles. The topological polar surface area (TPSA) is 71.3 Å². The van der Waals surface area contributed by atoms with Gasteiger partial charge >= 0.3 is 0 Å². The molecule has 1 aliphatic rings. The third-order valence-corrected chi connectivity index (χ3v) is 4.35. The molecule has 1 aliphatic heterocycles. The predicted octanol–water partition coefficient (Wildman–Crippen LogP) is 2.32. The second kappa shape index (κ2) is 7.72. The van der Waals surface area contributed by atoms with Gasteiger partial charge in [0.25, 0.3) is 0 Å². The molecule has 0 aliphatic carbocycles. The van der Waals surface area contributed by atoms with Crippen molar-refractivity contribution in [2.75, 3.05) is 13.1 Å². The number of nitrogens with one attached hydrogen (secondary N) is 1. The molecule has 0 bridgehead atoms. The van der Waals surface area contributed by atoms with Crippen LogP contribution < -0.4 is 5.32 Å². The minimum Gasteiger partial charge on any atom is -0.342 e. The second-order valence-corrected chi connectivity index (χ2v) is 6.25. The van der Waals surface area contributed by atoms with Crippen molar-refractivity contribution in [3.05, 3.63) is 11.7 Å². The van der Waals surface area contributed by atoms with E-state index in [0.29, 0.717) is 24.3 Å². The maximum Gasteiger partial charge on any atom is 0.243 e. The first-order chi connectivity index (χ1) is 10.5. The van der Waals surface area contributed by atoms with Crippen molar-refractivity contribution in [3.63, 3.8) is 0 Å². The Morgan fingerprint density at radius 3 is 2.91 bits per heavy atom. The Hall–Kier alpha value is -1.43. The highest BCUT2D eigenvalue weighted by atomic mass is 16.5. The summed E-state index contributed by atoms with van der Waals surface area (Å²) < 4.78 is 5.34. The molecule has 6 nitrogen and oxygen atoms in total. The van der Waals surface area contributed by atoms with Crippen LogP contribution in [0, 0.1) is 5.92 Å². The fourth-order valence-electron chi connectivity index (χ4n) is 3.00. The number of carbonyl (C=O) groups excluding carboxylic acids is 1. The highest BCUT2D eigenvalue weighted by molar-refractivity contribution is 5.75. The summed E-state index contributed by atoms with van der Waals surface area (Å²) in [5, 5.41) is 7.59. The van der Waals surface area contributed by atoms with Gasteiger partial charge in [0.1, 0.15) is 0 Å². The normalized spacial score (nSPS) is 23.5. The lowest BCUT2D eigenvalue weighted by Crippen LogP contribution is -2.50. The molecule has 124 valence electrons. The third-order valence-electron chi connectivity index (χ3n) is 4.35. The van der Waals surface area contributed by atoms with Crippen LogP contribution in [0.3, 0.4) is 0 Å². The molecule has 1 aromatic rings. The Kier molecular flexibility index (Phi) is 5.94. The van der Waals surface area contributed by atoms with E-state index in [2.05, 4.69) is 36.2 Å². The third kappa shape index (κ3) is 4.06. The van der Waals surface area contributed by atoms with E-state index in [4.69, 9.17) is 4.52 Å². The zero-order valence-electron chi connectivity index (χ0n) is 14.1. The van der Waals surface area contributed by atoms with E-state index in [0.717, 1.165) is 38.2 Å². The molecule has 0 saturated carbocycles. The molecule has 1 aromatic heterocycles. The molecule has 2 rings (SSSR count). The van der Waals surface area contributed by atoms with Gasteiger partial charge in [-0.1, -0.05) is 25.9 Å². The number of rotatable bonds is 6. The van der Waals surface area contributed by atoms with Crippen LogP contribution in [0.2, 0.25) is 0 Å². The van der Waals surface area contributed by atoms with E-state index in [1.54, 1.807) is 0 Å². The van der Waals surface area contributed by atoms with Crippen LogP contribution in [0.1, 0.15) is 64.7 Å². The number of nitrogens with zero attached hydrogens (tertiary/aromatic N) is 3. The maximum atomic E-state index is 11.8.